The van der Waals surface area contributed by atoms with E-state index >= 15 is 0 Å². The molecule has 0 bridgehead atoms. The van der Waals surface area contributed by atoms with Crippen molar-refractivity contribution in [1.29, 1.82) is 0 Å². The van der Waals surface area contributed by atoms with Gasteiger partial charge in [0, 0.05) is 16.5 Å². The van der Waals surface area contributed by atoms with E-state index in [9.17, 15) is 0 Å². The number of nitrogens with one attached hydrogen (secondary N) is 1. The highest BCUT2D eigenvalue weighted by Gasteiger charge is 2.05. The van der Waals surface area contributed by atoms with Crippen molar-refractivity contribution >= 4 is 47.0 Å². The molecule has 0 aliphatic heterocycles. The zero-order valence-electron chi connectivity index (χ0n) is 12.4. The topological polar surface area (TPSA) is 50.4 Å². The number of aliphatic imine (C=N–C) groups is 1. The highest BCUT2D eigenvalue weighted by Crippen LogP contribution is 2.20. The minimum absolute atomic E-state index is 0. The fourth-order valence-electron chi connectivity index (χ4n) is 1.95. The van der Waals surface area contributed by atoms with Gasteiger partial charge in [-0.25, -0.2) is 0 Å². The summed E-state index contributed by atoms with van der Waals surface area (Å²) in [6.45, 7) is 5.01. The van der Waals surface area contributed by atoms with Crippen LogP contribution in [-0.2, 0) is 6.42 Å². The third kappa shape index (κ3) is 5.67. The number of thiophene rings is 1. The first-order chi connectivity index (χ1) is 9.69. The predicted octanol–water partition coefficient (Wildman–Crippen LogP) is 4.46. The second-order valence-electron chi connectivity index (χ2n) is 4.82. The normalized spacial score (nSPS) is 12.6. The van der Waals surface area contributed by atoms with E-state index in [0.717, 1.165) is 12.1 Å². The first-order valence-electron chi connectivity index (χ1n) is 6.88. The molecular weight excluding hydrogens is 393 g/mol. The summed E-state index contributed by atoms with van der Waals surface area (Å²) in [6.07, 6.45) is 1.02. The molecule has 3 N–H and O–H groups in total. The number of guanidine groups is 1. The van der Waals surface area contributed by atoms with Gasteiger partial charge in [0.25, 0.3) is 0 Å². The molecule has 1 atom stereocenters. The van der Waals surface area contributed by atoms with Gasteiger partial charge in [-0.3, -0.25) is 4.99 Å². The molecular formula is C16H22IN3S. The third-order valence-electron chi connectivity index (χ3n) is 3.17. The molecule has 2 rings (SSSR count). The Morgan fingerprint density at radius 3 is 2.81 bits per heavy atom. The summed E-state index contributed by atoms with van der Waals surface area (Å²) in [4.78, 5) is 5.76. The molecule has 0 fully saturated rings. The molecule has 0 saturated carbocycles. The lowest BCUT2D eigenvalue weighted by Crippen LogP contribution is -2.23. The number of anilines is 1. The van der Waals surface area contributed by atoms with Gasteiger partial charge >= 0.3 is 0 Å². The Balaban J connectivity index is 0.00000220. The number of benzene rings is 1. The van der Waals surface area contributed by atoms with Crippen molar-refractivity contribution in [2.24, 2.45) is 10.7 Å². The van der Waals surface area contributed by atoms with Crippen molar-refractivity contribution in [3.05, 3.63) is 52.2 Å². The zero-order chi connectivity index (χ0) is 14.4. The van der Waals surface area contributed by atoms with Crippen LogP contribution in [0, 0.1) is 0 Å². The highest BCUT2D eigenvalue weighted by molar-refractivity contribution is 14.0. The number of nitrogens with zero attached hydrogens (tertiary/aromatic N) is 1. The number of hydrogen-bond donors (Lipinski definition) is 2. The zero-order valence-corrected chi connectivity index (χ0v) is 15.5. The Morgan fingerprint density at radius 1 is 1.33 bits per heavy atom. The van der Waals surface area contributed by atoms with Gasteiger partial charge in [0.2, 0.25) is 0 Å². The van der Waals surface area contributed by atoms with E-state index in [-0.39, 0.29) is 24.0 Å². The molecule has 1 aromatic heterocycles. The lowest BCUT2D eigenvalue weighted by Gasteiger charge is -2.09. The molecule has 1 aromatic carbocycles. The molecule has 0 radical (unpaired) electrons. The lowest BCUT2D eigenvalue weighted by atomic mass is 10.1. The number of halogens is 1. The molecule has 1 heterocycles. The fourth-order valence-corrected chi connectivity index (χ4v) is 2.73. The van der Waals surface area contributed by atoms with Crippen LogP contribution >= 0.6 is 35.3 Å². The van der Waals surface area contributed by atoms with Gasteiger partial charge < -0.3 is 11.1 Å². The van der Waals surface area contributed by atoms with E-state index in [4.69, 9.17) is 5.73 Å². The Bertz CT molecular complexity index is 567. The average Bonchev–Trinajstić information content (AvgIpc) is 2.99. The number of hydrogen-bond acceptors (Lipinski definition) is 2. The number of aryl methyl sites for hydroxylation is 1. The second-order valence-corrected chi connectivity index (χ2v) is 5.80. The SMILES string of the molecule is CCc1cccc(NC(N)=NCC(C)c2cccs2)c1.I. The average molecular weight is 415 g/mol. The summed E-state index contributed by atoms with van der Waals surface area (Å²) < 4.78 is 0. The van der Waals surface area contributed by atoms with Crippen LogP contribution in [0.3, 0.4) is 0 Å². The fraction of sp³-hybridized carbons (Fsp3) is 0.312. The van der Waals surface area contributed by atoms with Crippen LogP contribution in [0.5, 0.6) is 0 Å². The summed E-state index contributed by atoms with van der Waals surface area (Å²) in [6, 6.07) is 12.5. The van der Waals surface area contributed by atoms with Crippen molar-refractivity contribution in [3.63, 3.8) is 0 Å². The van der Waals surface area contributed by atoms with E-state index < -0.39 is 0 Å². The molecule has 0 aliphatic carbocycles. The lowest BCUT2D eigenvalue weighted by molar-refractivity contribution is 0.790. The number of rotatable bonds is 5. The molecule has 5 heteroatoms. The molecule has 3 nitrogen and oxygen atoms in total. The van der Waals surface area contributed by atoms with Crippen molar-refractivity contribution in [2.75, 3.05) is 11.9 Å². The van der Waals surface area contributed by atoms with Crippen LogP contribution in [0.1, 0.15) is 30.2 Å². The molecule has 0 aliphatic rings. The van der Waals surface area contributed by atoms with E-state index in [0.29, 0.717) is 18.4 Å². The van der Waals surface area contributed by atoms with Crippen molar-refractivity contribution in [1.82, 2.24) is 0 Å². The minimum Gasteiger partial charge on any atom is -0.370 e. The Morgan fingerprint density at radius 2 is 2.14 bits per heavy atom. The van der Waals surface area contributed by atoms with Gasteiger partial charge in [0.15, 0.2) is 5.96 Å². The predicted molar refractivity (Wildman–Crippen MR) is 104 cm³/mol. The molecule has 114 valence electrons. The Labute approximate surface area is 147 Å². The van der Waals surface area contributed by atoms with Gasteiger partial charge in [-0.15, -0.1) is 35.3 Å². The van der Waals surface area contributed by atoms with Crippen molar-refractivity contribution in [3.8, 4) is 0 Å². The van der Waals surface area contributed by atoms with Crippen molar-refractivity contribution < 1.29 is 0 Å². The quantitative estimate of drug-likeness (QED) is 0.431. The van der Waals surface area contributed by atoms with Crippen LogP contribution in [0.4, 0.5) is 5.69 Å². The largest absolute Gasteiger partial charge is 0.370 e. The summed E-state index contributed by atoms with van der Waals surface area (Å²) in [5.41, 5.74) is 8.22. The van der Waals surface area contributed by atoms with Crippen LogP contribution in [-0.4, -0.2) is 12.5 Å². The molecule has 1 unspecified atom stereocenters. The van der Waals surface area contributed by atoms with Gasteiger partial charge in [0.05, 0.1) is 6.54 Å². The standard InChI is InChI=1S/C16H21N3S.HI/c1-3-13-6-4-7-14(10-13)19-16(17)18-11-12(2)15-8-5-9-20-15;/h4-10,12H,3,11H2,1-2H3,(H3,17,18,19);1H. The summed E-state index contributed by atoms with van der Waals surface area (Å²) in [5, 5.41) is 5.24. The number of nitrogens with two attached hydrogens (primary N) is 1. The monoisotopic (exact) mass is 415 g/mol. The molecule has 0 saturated heterocycles. The molecule has 0 spiro atoms. The first kappa shape index (κ1) is 18.0. The summed E-state index contributed by atoms with van der Waals surface area (Å²) in [7, 11) is 0. The van der Waals surface area contributed by atoms with Gasteiger partial charge in [-0.05, 0) is 35.6 Å². The maximum atomic E-state index is 5.94. The van der Waals surface area contributed by atoms with Gasteiger partial charge in [0.1, 0.15) is 0 Å². The molecule has 2 aromatic rings. The Kier molecular flexibility index (Phi) is 7.74. The molecule has 0 amide bonds. The third-order valence-corrected chi connectivity index (χ3v) is 4.28. The van der Waals surface area contributed by atoms with E-state index in [1.165, 1.54) is 10.4 Å². The maximum absolute atomic E-state index is 5.94. The summed E-state index contributed by atoms with van der Waals surface area (Å²) in [5.74, 6) is 0.874. The smallest absolute Gasteiger partial charge is 0.193 e. The van der Waals surface area contributed by atoms with Crippen LogP contribution < -0.4 is 11.1 Å². The van der Waals surface area contributed by atoms with E-state index in [2.05, 4.69) is 53.8 Å². The van der Waals surface area contributed by atoms with Crippen LogP contribution in [0.25, 0.3) is 0 Å². The first-order valence-corrected chi connectivity index (χ1v) is 7.76. The minimum atomic E-state index is 0. The van der Waals surface area contributed by atoms with E-state index in [1.807, 2.05) is 12.1 Å². The second kappa shape index (κ2) is 9.04. The maximum Gasteiger partial charge on any atom is 0.193 e. The van der Waals surface area contributed by atoms with Crippen molar-refractivity contribution in [2.45, 2.75) is 26.2 Å². The van der Waals surface area contributed by atoms with Gasteiger partial charge in [-0.1, -0.05) is 32.0 Å². The van der Waals surface area contributed by atoms with E-state index in [1.54, 1.807) is 11.3 Å². The van der Waals surface area contributed by atoms with Crippen LogP contribution in [0.2, 0.25) is 0 Å². The molecule has 21 heavy (non-hydrogen) atoms. The summed E-state index contributed by atoms with van der Waals surface area (Å²) >= 11 is 1.76. The highest BCUT2D eigenvalue weighted by atomic mass is 127. The van der Waals surface area contributed by atoms with Crippen LogP contribution in [0.15, 0.2) is 46.8 Å². The van der Waals surface area contributed by atoms with Gasteiger partial charge in [-0.2, -0.15) is 0 Å². The Hall–Kier alpha value is -1.08.